The standard InChI is InChI=1S/C40H50N2O6/c1-5-22-46-38-35(42-39(43)48-40(2,3)4)37(45-24-11-13-29-19-21-31-15-7-9-17-33(31)26-29)36(34(27-41)47-38)44-23-10-12-28-18-20-30-14-6-8-16-32(30)25-28/h5-9,14-21,25-26,34-38H,1,10-13,22-24,27,41H2,2-4H3,(H,42,43). The highest BCUT2D eigenvalue weighted by atomic mass is 16.7. The first-order valence-electron chi connectivity index (χ1n) is 17.0. The molecule has 8 nitrogen and oxygen atoms in total. The van der Waals surface area contributed by atoms with Crippen LogP contribution in [0.1, 0.15) is 44.7 Å². The van der Waals surface area contributed by atoms with Gasteiger partial charge in [0.2, 0.25) is 0 Å². The number of fused-ring (bicyclic) bond motifs is 2. The number of carbonyl (C=O) groups excluding carboxylic acids is 1. The monoisotopic (exact) mass is 654 g/mol. The van der Waals surface area contributed by atoms with Gasteiger partial charge in [-0.05, 0) is 79.1 Å². The van der Waals surface area contributed by atoms with Crippen LogP contribution in [0, 0.1) is 0 Å². The molecule has 1 heterocycles. The van der Waals surface area contributed by atoms with Gasteiger partial charge in [0, 0.05) is 19.8 Å². The molecule has 0 spiro atoms. The average molecular weight is 655 g/mol. The molecule has 1 amide bonds. The maximum Gasteiger partial charge on any atom is 0.408 e. The third kappa shape index (κ3) is 9.87. The van der Waals surface area contributed by atoms with E-state index in [1.165, 1.54) is 32.7 Å². The molecule has 5 unspecified atom stereocenters. The average Bonchev–Trinajstić information content (AvgIpc) is 3.07. The van der Waals surface area contributed by atoms with E-state index in [-0.39, 0.29) is 13.2 Å². The van der Waals surface area contributed by atoms with E-state index < -0.39 is 42.3 Å². The molecular formula is C40H50N2O6. The zero-order valence-corrected chi connectivity index (χ0v) is 28.4. The minimum atomic E-state index is -0.841. The Kier molecular flexibility index (Phi) is 12.6. The van der Waals surface area contributed by atoms with Crippen molar-refractivity contribution in [1.82, 2.24) is 5.32 Å². The van der Waals surface area contributed by atoms with E-state index in [1.807, 2.05) is 26.8 Å². The van der Waals surface area contributed by atoms with E-state index in [2.05, 4.69) is 90.8 Å². The van der Waals surface area contributed by atoms with Crippen molar-refractivity contribution >= 4 is 27.6 Å². The van der Waals surface area contributed by atoms with Gasteiger partial charge in [0.25, 0.3) is 0 Å². The number of benzene rings is 4. The molecule has 1 fully saturated rings. The highest BCUT2D eigenvalue weighted by molar-refractivity contribution is 5.83. The van der Waals surface area contributed by atoms with Crippen LogP contribution in [-0.4, -0.2) is 68.7 Å². The molecule has 8 heteroatoms. The number of hydrogen-bond donors (Lipinski definition) is 2. The highest BCUT2D eigenvalue weighted by Gasteiger charge is 2.48. The van der Waals surface area contributed by atoms with Crippen LogP contribution >= 0.6 is 0 Å². The second-order valence-electron chi connectivity index (χ2n) is 13.3. The van der Waals surface area contributed by atoms with Gasteiger partial charge in [-0.1, -0.05) is 91.0 Å². The molecule has 4 aromatic rings. The van der Waals surface area contributed by atoms with Gasteiger partial charge in [0.05, 0.1) is 6.61 Å². The molecule has 1 saturated heterocycles. The number of aryl methyl sites for hydroxylation is 2. The largest absolute Gasteiger partial charge is 0.444 e. The van der Waals surface area contributed by atoms with Gasteiger partial charge in [-0.25, -0.2) is 4.79 Å². The smallest absolute Gasteiger partial charge is 0.408 e. The molecule has 4 aromatic carbocycles. The van der Waals surface area contributed by atoms with Gasteiger partial charge in [-0.15, -0.1) is 6.58 Å². The Morgan fingerprint density at radius 1 is 0.812 bits per heavy atom. The summed E-state index contributed by atoms with van der Waals surface area (Å²) in [5.74, 6) is 0. The number of rotatable bonds is 15. The van der Waals surface area contributed by atoms with E-state index in [0.717, 1.165) is 25.7 Å². The summed E-state index contributed by atoms with van der Waals surface area (Å²) in [5.41, 5.74) is 8.05. The SMILES string of the molecule is C=CCOC1OC(CN)C(OCCCc2ccc3ccccc3c2)C(OCCCc2ccc3ccccc3c2)C1NC(=O)OC(C)(C)C. The molecule has 0 aromatic heterocycles. The van der Waals surface area contributed by atoms with E-state index in [0.29, 0.717) is 13.2 Å². The predicted molar refractivity (Wildman–Crippen MR) is 191 cm³/mol. The highest BCUT2D eigenvalue weighted by Crippen LogP contribution is 2.28. The van der Waals surface area contributed by atoms with E-state index in [1.54, 1.807) is 6.08 Å². The van der Waals surface area contributed by atoms with Crippen molar-refractivity contribution in [1.29, 1.82) is 0 Å². The quantitative estimate of drug-likeness (QED) is 0.104. The first-order chi connectivity index (χ1) is 23.2. The fourth-order valence-corrected chi connectivity index (χ4v) is 6.18. The van der Waals surface area contributed by atoms with Crippen LogP contribution < -0.4 is 11.1 Å². The summed E-state index contributed by atoms with van der Waals surface area (Å²) < 4.78 is 31.1. The lowest BCUT2D eigenvalue weighted by Gasteiger charge is -2.46. The number of hydrogen-bond acceptors (Lipinski definition) is 7. The van der Waals surface area contributed by atoms with Crippen molar-refractivity contribution in [2.45, 2.75) is 82.7 Å². The van der Waals surface area contributed by atoms with Gasteiger partial charge in [0.15, 0.2) is 6.29 Å². The Hall–Kier alpha value is -3.79. The van der Waals surface area contributed by atoms with Gasteiger partial charge in [-0.2, -0.15) is 0 Å². The number of nitrogens with two attached hydrogens (primary N) is 1. The Labute approximate surface area is 284 Å². The van der Waals surface area contributed by atoms with Gasteiger partial charge in [0.1, 0.15) is 30.0 Å². The maximum absolute atomic E-state index is 13.1. The van der Waals surface area contributed by atoms with Crippen LogP contribution in [0.4, 0.5) is 4.79 Å². The summed E-state index contributed by atoms with van der Waals surface area (Å²) in [7, 11) is 0. The first kappa shape index (κ1) is 35.5. The van der Waals surface area contributed by atoms with Gasteiger partial charge in [-0.3, -0.25) is 0 Å². The minimum Gasteiger partial charge on any atom is -0.444 e. The topological polar surface area (TPSA) is 101 Å². The number of ether oxygens (including phenoxy) is 5. The molecule has 48 heavy (non-hydrogen) atoms. The molecule has 0 aliphatic carbocycles. The molecule has 5 atom stereocenters. The van der Waals surface area contributed by atoms with Crippen molar-refractivity contribution in [2.75, 3.05) is 26.4 Å². The molecule has 0 radical (unpaired) electrons. The number of nitrogens with one attached hydrogen (secondary N) is 1. The fourth-order valence-electron chi connectivity index (χ4n) is 6.18. The third-order valence-corrected chi connectivity index (χ3v) is 8.41. The van der Waals surface area contributed by atoms with E-state index in [9.17, 15) is 4.79 Å². The summed E-state index contributed by atoms with van der Waals surface area (Å²) >= 11 is 0. The summed E-state index contributed by atoms with van der Waals surface area (Å²) in [5, 5.41) is 7.86. The molecule has 1 aliphatic rings. The van der Waals surface area contributed by atoms with Crippen molar-refractivity contribution < 1.29 is 28.5 Å². The second-order valence-corrected chi connectivity index (χ2v) is 13.3. The number of carbonyl (C=O) groups is 1. The van der Waals surface area contributed by atoms with Gasteiger partial charge < -0.3 is 34.7 Å². The summed E-state index contributed by atoms with van der Waals surface area (Å²) in [4.78, 5) is 13.1. The lowest BCUT2D eigenvalue weighted by molar-refractivity contribution is -0.274. The van der Waals surface area contributed by atoms with Gasteiger partial charge >= 0.3 is 6.09 Å². The second kappa shape index (κ2) is 17.0. The van der Waals surface area contributed by atoms with Crippen molar-refractivity contribution in [3.8, 4) is 0 Å². The zero-order chi connectivity index (χ0) is 33.9. The van der Waals surface area contributed by atoms with Crippen LogP contribution in [0.3, 0.4) is 0 Å². The Bertz CT molecular complexity index is 1640. The first-order valence-corrected chi connectivity index (χ1v) is 17.0. The lowest BCUT2D eigenvalue weighted by atomic mass is 9.95. The minimum absolute atomic E-state index is 0.194. The van der Waals surface area contributed by atoms with Crippen LogP contribution in [0.5, 0.6) is 0 Å². The molecule has 0 saturated carbocycles. The molecular weight excluding hydrogens is 604 g/mol. The zero-order valence-electron chi connectivity index (χ0n) is 28.4. The molecule has 1 aliphatic heterocycles. The van der Waals surface area contributed by atoms with E-state index >= 15 is 0 Å². The Balaban J connectivity index is 1.30. The summed E-state index contributed by atoms with van der Waals surface area (Å²) in [6.07, 6.45) is 1.81. The summed E-state index contributed by atoms with van der Waals surface area (Å²) in [6.45, 7) is 10.6. The molecule has 3 N–H and O–H groups in total. The normalized spacial score (nSPS) is 21.3. The molecule has 0 bridgehead atoms. The number of amides is 1. The van der Waals surface area contributed by atoms with Crippen LogP contribution in [0.25, 0.3) is 21.5 Å². The van der Waals surface area contributed by atoms with Crippen molar-refractivity contribution in [3.63, 3.8) is 0 Å². The lowest BCUT2D eigenvalue weighted by Crippen LogP contribution is -2.67. The van der Waals surface area contributed by atoms with Crippen molar-refractivity contribution in [2.24, 2.45) is 5.73 Å². The Morgan fingerprint density at radius 3 is 1.88 bits per heavy atom. The predicted octanol–water partition coefficient (Wildman–Crippen LogP) is 7.11. The van der Waals surface area contributed by atoms with E-state index in [4.69, 9.17) is 29.4 Å². The number of alkyl carbamates (subject to hydrolysis) is 1. The van der Waals surface area contributed by atoms with Crippen LogP contribution in [-0.2, 0) is 36.5 Å². The van der Waals surface area contributed by atoms with Crippen LogP contribution in [0.15, 0.2) is 97.6 Å². The maximum atomic E-state index is 13.1. The Morgan fingerprint density at radius 2 is 1.35 bits per heavy atom. The fraction of sp³-hybridized carbons (Fsp3) is 0.425. The van der Waals surface area contributed by atoms with Crippen LogP contribution in [0.2, 0.25) is 0 Å². The summed E-state index contributed by atoms with van der Waals surface area (Å²) in [6, 6.07) is 29.1. The molecule has 5 rings (SSSR count). The molecule has 256 valence electrons. The third-order valence-electron chi connectivity index (χ3n) is 8.41. The van der Waals surface area contributed by atoms with Crippen molar-refractivity contribution in [3.05, 3.63) is 109 Å².